The predicted molar refractivity (Wildman–Crippen MR) is 100 cm³/mol. The number of hydrogen-bond donors (Lipinski definition) is 2. The summed E-state index contributed by atoms with van der Waals surface area (Å²) in [5, 5.41) is 3.09. The van der Waals surface area contributed by atoms with Crippen LogP contribution in [0, 0.1) is 5.41 Å². The van der Waals surface area contributed by atoms with Crippen LogP contribution in [0.1, 0.15) is 46.1 Å². The third-order valence-electron chi connectivity index (χ3n) is 5.32. The summed E-state index contributed by atoms with van der Waals surface area (Å²) < 4.78 is 5.69. The van der Waals surface area contributed by atoms with E-state index < -0.39 is 5.54 Å². The molecule has 5 heteroatoms. The highest BCUT2D eigenvalue weighted by Crippen LogP contribution is 2.49. The Morgan fingerprint density at radius 3 is 2.54 bits per heavy atom. The van der Waals surface area contributed by atoms with Gasteiger partial charge >= 0.3 is 0 Å². The van der Waals surface area contributed by atoms with Crippen molar-refractivity contribution in [2.45, 2.75) is 64.6 Å². The topological polar surface area (TPSA) is 64.3 Å². The van der Waals surface area contributed by atoms with Gasteiger partial charge in [-0.3, -0.25) is 4.79 Å². The summed E-state index contributed by atoms with van der Waals surface area (Å²) in [6.45, 7) is 8.70. The van der Waals surface area contributed by atoms with E-state index in [9.17, 15) is 4.79 Å². The summed E-state index contributed by atoms with van der Waals surface area (Å²) in [5.74, 6) is -0.0565. The average molecular weight is 355 g/mol. The maximum absolute atomic E-state index is 12.6. The summed E-state index contributed by atoms with van der Waals surface area (Å²) in [4.78, 5) is 12.6. The Hall–Kier alpha value is -1.10. The second kappa shape index (κ2) is 8.32. The fourth-order valence-electron chi connectivity index (χ4n) is 3.27. The molecule has 3 N–H and O–H groups in total. The molecule has 1 aliphatic rings. The Kier molecular flexibility index (Phi) is 7.26. The zero-order valence-electron chi connectivity index (χ0n) is 15.2. The number of rotatable bonds is 7. The van der Waals surface area contributed by atoms with Crippen molar-refractivity contribution in [1.82, 2.24) is 5.32 Å². The van der Waals surface area contributed by atoms with E-state index in [1.165, 1.54) is 5.56 Å². The molecule has 0 bridgehead atoms. The molecule has 1 aromatic rings. The van der Waals surface area contributed by atoms with E-state index in [0.29, 0.717) is 13.0 Å². The van der Waals surface area contributed by atoms with Gasteiger partial charge in [0.25, 0.3) is 0 Å². The Bertz CT molecular complexity index is 535. The monoisotopic (exact) mass is 354 g/mol. The molecule has 1 fully saturated rings. The summed E-state index contributed by atoms with van der Waals surface area (Å²) in [6, 6.07) is 10.4. The van der Waals surface area contributed by atoms with Crippen LogP contribution in [-0.4, -0.2) is 30.2 Å². The number of benzene rings is 1. The van der Waals surface area contributed by atoms with Gasteiger partial charge in [-0.2, -0.15) is 0 Å². The second-order valence-electron chi connectivity index (χ2n) is 7.24. The van der Waals surface area contributed by atoms with Gasteiger partial charge in [-0.05, 0) is 32.3 Å². The second-order valence-corrected chi connectivity index (χ2v) is 7.24. The van der Waals surface area contributed by atoms with Gasteiger partial charge in [0.15, 0.2) is 0 Å². The molecule has 3 atom stereocenters. The van der Waals surface area contributed by atoms with Gasteiger partial charge in [-0.15, -0.1) is 12.4 Å². The van der Waals surface area contributed by atoms with Crippen molar-refractivity contribution >= 4 is 18.3 Å². The summed E-state index contributed by atoms with van der Waals surface area (Å²) >= 11 is 0. The zero-order chi connectivity index (χ0) is 17.1. The standard InChI is InChI=1S/C19H30N2O2.ClH/c1-5-23-16-13-19(20,18(16,3)4)17(22)21-14(2)11-12-15-9-7-6-8-10-15;/h6-10,14,16H,5,11-13,20H2,1-4H3,(H,21,22);1H. The van der Waals surface area contributed by atoms with E-state index in [1.54, 1.807) is 0 Å². The number of amides is 1. The lowest BCUT2D eigenvalue weighted by Gasteiger charge is -2.57. The molecule has 24 heavy (non-hydrogen) atoms. The van der Waals surface area contributed by atoms with Gasteiger partial charge in [0.2, 0.25) is 5.91 Å². The Morgan fingerprint density at radius 1 is 1.38 bits per heavy atom. The van der Waals surface area contributed by atoms with E-state index in [2.05, 4.69) is 17.4 Å². The molecule has 0 saturated heterocycles. The average Bonchev–Trinajstić information content (AvgIpc) is 2.53. The van der Waals surface area contributed by atoms with E-state index in [4.69, 9.17) is 10.5 Å². The maximum Gasteiger partial charge on any atom is 0.241 e. The van der Waals surface area contributed by atoms with Crippen LogP contribution in [-0.2, 0) is 16.0 Å². The van der Waals surface area contributed by atoms with Gasteiger partial charge < -0.3 is 15.8 Å². The lowest BCUT2D eigenvalue weighted by Crippen LogP contribution is -2.76. The summed E-state index contributed by atoms with van der Waals surface area (Å²) in [6.07, 6.45) is 2.50. The molecule has 3 unspecified atom stereocenters. The summed E-state index contributed by atoms with van der Waals surface area (Å²) in [5.41, 5.74) is 6.52. The number of carbonyl (C=O) groups excluding carboxylic acids is 1. The van der Waals surface area contributed by atoms with Crippen LogP contribution in [0.15, 0.2) is 30.3 Å². The molecule has 0 spiro atoms. The molecular formula is C19H31ClN2O2. The first-order valence-corrected chi connectivity index (χ1v) is 8.56. The number of nitrogens with one attached hydrogen (secondary N) is 1. The Labute approximate surface area is 151 Å². The molecule has 136 valence electrons. The normalized spacial score (nSPS) is 26.0. The van der Waals surface area contributed by atoms with Gasteiger partial charge in [0, 0.05) is 24.5 Å². The third-order valence-corrected chi connectivity index (χ3v) is 5.32. The van der Waals surface area contributed by atoms with E-state index in [-0.39, 0.29) is 35.9 Å². The van der Waals surface area contributed by atoms with Crippen molar-refractivity contribution in [1.29, 1.82) is 0 Å². The number of halogens is 1. The SMILES string of the molecule is CCOC1CC(N)(C(=O)NC(C)CCc2ccccc2)C1(C)C.Cl. The van der Waals surface area contributed by atoms with Crippen LogP contribution in [0.5, 0.6) is 0 Å². The number of nitrogens with two attached hydrogens (primary N) is 1. The van der Waals surface area contributed by atoms with E-state index in [1.807, 2.05) is 45.9 Å². The van der Waals surface area contributed by atoms with Crippen molar-refractivity contribution in [3.8, 4) is 0 Å². The van der Waals surface area contributed by atoms with Crippen LogP contribution < -0.4 is 11.1 Å². The van der Waals surface area contributed by atoms with Crippen LogP contribution >= 0.6 is 12.4 Å². The minimum Gasteiger partial charge on any atom is -0.378 e. The van der Waals surface area contributed by atoms with Crippen molar-refractivity contribution in [3.63, 3.8) is 0 Å². The van der Waals surface area contributed by atoms with Crippen molar-refractivity contribution in [3.05, 3.63) is 35.9 Å². The number of ether oxygens (including phenoxy) is 1. The summed E-state index contributed by atoms with van der Waals surface area (Å²) in [7, 11) is 0. The fraction of sp³-hybridized carbons (Fsp3) is 0.632. The highest BCUT2D eigenvalue weighted by Gasteiger charge is 2.62. The smallest absolute Gasteiger partial charge is 0.241 e. The predicted octanol–water partition coefficient (Wildman–Crippen LogP) is 3.08. The first-order valence-electron chi connectivity index (χ1n) is 8.56. The zero-order valence-corrected chi connectivity index (χ0v) is 16.0. The quantitative estimate of drug-likeness (QED) is 0.790. The highest BCUT2D eigenvalue weighted by atomic mass is 35.5. The molecule has 1 aliphatic carbocycles. The third kappa shape index (κ3) is 4.11. The minimum atomic E-state index is -0.839. The molecule has 0 radical (unpaired) electrons. The Balaban J connectivity index is 0.00000288. The Morgan fingerprint density at radius 2 is 2.00 bits per heavy atom. The highest BCUT2D eigenvalue weighted by molar-refractivity contribution is 5.89. The molecule has 1 amide bonds. The molecule has 1 saturated carbocycles. The first-order chi connectivity index (χ1) is 10.8. The van der Waals surface area contributed by atoms with Crippen molar-refractivity contribution in [2.24, 2.45) is 11.1 Å². The van der Waals surface area contributed by atoms with Crippen LogP contribution in [0.4, 0.5) is 0 Å². The molecule has 4 nitrogen and oxygen atoms in total. The van der Waals surface area contributed by atoms with Crippen LogP contribution in [0.2, 0.25) is 0 Å². The molecular weight excluding hydrogens is 324 g/mol. The van der Waals surface area contributed by atoms with Gasteiger partial charge in [-0.1, -0.05) is 44.2 Å². The van der Waals surface area contributed by atoms with Crippen molar-refractivity contribution < 1.29 is 9.53 Å². The molecule has 1 aromatic carbocycles. The number of hydrogen-bond acceptors (Lipinski definition) is 3. The minimum absolute atomic E-state index is 0. The molecule has 0 aliphatic heterocycles. The molecule has 0 aromatic heterocycles. The van der Waals surface area contributed by atoms with Crippen LogP contribution in [0.25, 0.3) is 0 Å². The van der Waals surface area contributed by atoms with Crippen LogP contribution in [0.3, 0.4) is 0 Å². The lowest BCUT2D eigenvalue weighted by molar-refractivity contribution is -0.171. The first kappa shape index (κ1) is 20.9. The number of carbonyl (C=O) groups is 1. The fourth-order valence-corrected chi connectivity index (χ4v) is 3.27. The van der Waals surface area contributed by atoms with Gasteiger partial charge in [-0.25, -0.2) is 0 Å². The molecule has 0 heterocycles. The molecule has 2 rings (SSSR count). The van der Waals surface area contributed by atoms with Crippen molar-refractivity contribution in [2.75, 3.05) is 6.61 Å². The van der Waals surface area contributed by atoms with Gasteiger partial charge in [0.1, 0.15) is 5.54 Å². The van der Waals surface area contributed by atoms with Gasteiger partial charge in [0.05, 0.1) is 6.10 Å². The van der Waals surface area contributed by atoms with E-state index in [0.717, 1.165) is 12.8 Å². The largest absolute Gasteiger partial charge is 0.378 e. The maximum atomic E-state index is 12.6. The van der Waals surface area contributed by atoms with E-state index >= 15 is 0 Å². The lowest BCUT2D eigenvalue weighted by atomic mass is 9.54. The number of aryl methyl sites for hydroxylation is 1.